The molecule has 1 N–H and O–H groups in total. The van der Waals surface area contributed by atoms with E-state index in [9.17, 15) is 4.79 Å². The molecule has 3 atom stereocenters. The lowest BCUT2D eigenvalue weighted by Gasteiger charge is -2.47. The van der Waals surface area contributed by atoms with Gasteiger partial charge in [-0.1, -0.05) is 33.1 Å². The fraction of sp³-hybridized carbons (Fsp3) is 0.938. The van der Waals surface area contributed by atoms with E-state index in [0.717, 1.165) is 24.8 Å². The lowest BCUT2D eigenvalue weighted by molar-refractivity contribution is -0.139. The van der Waals surface area contributed by atoms with E-state index in [0.29, 0.717) is 12.5 Å². The average molecular weight is 267 g/mol. The topological polar surface area (TPSA) is 40.5 Å². The molecule has 19 heavy (non-hydrogen) atoms. The van der Waals surface area contributed by atoms with E-state index in [1.807, 2.05) is 0 Å². The van der Waals surface area contributed by atoms with E-state index in [2.05, 4.69) is 18.7 Å². The maximum absolute atomic E-state index is 11.1. The van der Waals surface area contributed by atoms with Crippen LogP contribution in [-0.4, -0.2) is 34.6 Å². The van der Waals surface area contributed by atoms with E-state index in [1.165, 1.54) is 38.5 Å². The van der Waals surface area contributed by atoms with Crippen molar-refractivity contribution in [2.45, 2.75) is 77.3 Å². The molecule has 0 radical (unpaired) electrons. The number of carbonyl (C=O) groups is 1. The SMILES string of the molecule is CC(C)C1CCCCC1N1CCCCC1CC(=O)O. The van der Waals surface area contributed by atoms with Gasteiger partial charge in [-0.2, -0.15) is 0 Å². The molecule has 2 aliphatic rings. The number of hydrogen-bond donors (Lipinski definition) is 1. The van der Waals surface area contributed by atoms with E-state index in [1.54, 1.807) is 0 Å². The van der Waals surface area contributed by atoms with Crippen molar-refractivity contribution in [2.24, 2.45) is 11.8 Å². The van der Waals surface area contributed by atoms with E-state index < -0.39 is 5.97 Å². The molecule has 3 unspecified atom stereocenters. The van der Waals surface area contributed by atoms with Gasteiger partial charge in [0, 0.05) is 12.1 Å². The average Bonchev–Trinajstić information content (AvgIpc) is 2.38. The first kappa shape index (κ1) is 14.8. The molecule has 0 spiro atoms. The summed E-state index contributed by atoms with van der Waals surface area (Å²) < 4.78 is 0. The summed E-state index contributed by atoms with van der Waals surface area (Å²) in [4.78, 5) is 13.7. The Kier molecular flexibility index (Phi) is 5.26. The number of nitrogens with zero attached hydrogens (tertiary/aromatic N) is 1. The van der Waals surface area contributed by atoms with Gasteiger partial charge >= 0.3 is 5.97 Å². The fourth-order valence-corrected chi connectivity index (χ4v) is 4.21. The highest BCUT2D eigenvalue weighted by Crippen LogP contribution is 2.36. The second-order valence-corrected chi connectivity index (χ2v) is 6.74. The molecule has 110 valence electrons. The van der Waals surface area contributed by atoms with Crippen molar-refractivity contribution in [3.63, 3.8) is 0 Å². The number of likely N-dealkylation sites (tertiary alicyclic amines) is 1. The van der Waals surface area contributed by atoms with Gasteiger partial charge in [-0.15, -0.1) is 0 Å². The minimum absolute atomic E-state index is 0.288. The standard InChI is InChI=1S/C16H29NO2/c1-12(2)14-8-3-4-9-15(14)17-10-6-5-7-13(17)11-16(18)19/h12-15H,3-11H2,1-2H3,(H,18,19). The summed E-state index contributed by atoms with van der Waals surface area (Å²) in [6, 6.07) is 0.925. The highest BCUT2D eigenvalue weighted by atomic mass is 16.4. The van der Waals surface area contributed by atoms with Crippen molar-refractivity contribution < 1.29 is 9.90 Å². The molecular formula is C16H29NO2. The van der Waals surface area contributed by atoms with Gasteiger partial charge in [-0.25, -0.2) is 0 Å². The quantitative estimate of drug-likeness (QED) is 0.847. The molecule has 0 aromatic rings. The van der Waals surface area contributed by atoms with Crippen LogP contribution in [0.4, 0.5) is 0 Å². The molecule has 3 nitrogen and oxygen atoms in total. The first-order valence-corrected chi connectivity index (χ1v) is 8.07. The van der Waals surface area contributed by atoms with Crippen molar-refractivity contribution >= 4 is 5.97 Å². The maximum atomic E-state index is 11.1. The Labute approximate surface area is 117 Å². The Morgan fingerprint density at radius 3 is 2.53 bits per heavy atom. The third-order valence-electron chi connectivity index (χ3n) is 5.15. The molecule has 0 bridgehead atoms. The summed E-state index contributed by atoms with van der Waals surface area (Å²) in [5.74, 6) is 0.856. The zero-order valence-electron chi connectivity index (χ0n) is 12.5. The Morgan fingerprint density at radius 1 is 1.16 bits per heavy atom. The van der Waals surface area contributed by atoms with Crippen LogP contribution in [0.3, 0.4) is 0 Å². The van der Waals surface area contributed by atoms with Crippen molar-refractivity contribution in [2.75, 3.05) is 6.54 Å². The summed E-state index contributed by atoms with van der Waals surface area (Å²) in [6.45, 7) is 5.78. The molecule has 0 aromatic carbocycles. The summed E-state index contributed by atoms with van der Waals surface area (Å²) in [7, 11) is 0. The summed E-state index contributed by atoms with van der Waals surface area (Å²) in [5.41, 5.74) is 0. The molecule has 0 amide bonds. The molecule has 1 heterocycles. The van der Waals surface area contributed by atoms with Gasteiger partial charge in [0.05, 0.1) is 6.42 Å². The Hall–Kier alpha value is -0.570. The lowest BCUT2D eigenvalue weighted by atomic mass is 9.76. The Balaban J connectivity index is 2.08. The van der Waals surface area contributed by atoms with Crippen LogP contribution in [0, 0.1) is 11.8 Å². The molecule has 2 rings (SSSR count). The van der Waals surface area contributed by atoms with Crippen LogP contribution in [0.2, 0.25) is 0 Å². The van der Waals surface area contributed by atoms with Crippen LogP contribution in [0.1, 0.15) is 65.2 Å². The molecule has 2 fully saturated rings. The smallest absolute Gasteiger partial charge is 0.304 e. The lowest BCUT2D eigenvalue weighted by Crippen LogP contribution is -2.52. The zero-order valence-corrected chi connectivity index (χ0v) is 12.5. The molecule has 1 aliphatic heterocycles. The Bertz CT molecular complexity index is 303. The van der Waals surface area contributed by atoms with Crippen molar-refractivity contribution in [1.29, 1.82) is 0 Å². The molecule has 1 aliphatic carbocycles. The molecule has 1 saturated heterocycles. The van der Waals surface area contributed by atoms with Crippen LogP contribution in [0.15, 0.2) is 0 Å². The van der Waals surface area contributed by atoms with Gasteiger partial charge in [-0.05, 0) is 44.1 Å². The number of rotatable bonds is 4. The minimum atomic E-state index is -0.631. The highest BCUT2D eigenvalue weighted by Gasteiger charge is 2.36. The van der Waals surface area contributed by atoms with Gasteiger partial charge < -0.3 is 5.11 Å². The normalized spacial score (nSPS) is 33.5. The summed E-state index contributed by atoms with van der Waals surface area (Å²) >= 11 is 0. The van der Waals surface area contributed by atoms with Crippen LogP contribution in [-0.2, 0) is 4.79 Å². The monoisotopic (exact) mass is 267 g/mol. The highest BCUT2D eigenvalue weighted by molar-refractivity contribution is 5.67. The van der Waals surface area contributed by atoms with Crippen molar-refractivity contribution in [3.8, 4) is 0 Å². The second kappa shape index (κ2) is 6.74. The van der Waals surface area contributed by atoms with Crippen LogP contribution >= 0.6 is 0 Å². The molecule has 3 heteroatoms. The van der Waals surface area contributed by atoms with E-state index in [-0.39, 0.29) is 6.04 Å². The predicted molar refractivity (Wildman–Crippen MR) is 77.2 cm³/mol. The number of hydrogen-bond acceptors (Lipinski definition) is 2. The maximum Gasteiger partial charge on any atom is 0.304 e. The largest absolute Gasteiger partial charge is 0.481 e. The number of carboxylic acid groups (broad SMARTS) is 1. The number of carboxylic acids is 1. The third-order valence-corrected chi connectivity index (χ3v) is 5.15. The fourth-order valence-electron chi connectivity index (χ4n) is 4.21. The number of aliphatic carboxylic acids is 1. The Morgan fingerprint density at radius 2 is 1.84 bits per heavy atom. The van der Waals surface area contributed by atoms with Gasteiger partial charge in [-0.3, -0.25) is 9.69 Å². The first-order chi connectivity index (χ1) is 9.09. The van der Waals surface area contributed by atoms with Gasteiger partial charge in [0.1, 0.15) is 0 Å². The predicted octanol–water partition coefficient (Wildman–Crippen LogP) is 3.53. The summed E-state index contributed by atoms with van der Waals surface area (Å²) in [6.07, 6.45) is 9.15. The second-order valence-electron chi connectivity index (χ2n) is 6.74. The van der Waals surface area contributed by atoms with Crippen LogP contribution in [0.25, 0.3) is 0 Å². The van der Waals surface area contributed by atoms with Gasteiger partial charge in [0.15, 0.2) is 0 Å². The van der Waals surface area contributed by atoms with E-state index in [4.69, 9.17) is 5.11 Å². The van der Waals surface area contributed by atoms with Gasteiger partial charge in [0.2, 0.25) is 0 Å². The summed E-state index contributed by atoms with van der Waals surface area (Å²) in [5, 5.41) is 9.13. The third kappa shape index (κ3) is 3.71. The zero-order chi connectivity index (χ0) is 13.8. The van der Waals surface area contributed by atoms with Crippen LogP contribution < -0.4 is 0 Å². The molecule has 1 saturated carbocycles. The van der Waals surface area contributed by atoms with Crippen molar-refractivity contribution in [3.05, 3.63) is 0 Å². The first-order valence-electron chi connectivity index (χ1n) is 8.07. The number of piperidine rings is 1. The minimum Gasteiger partial charge on any atom is -0.481 e. The van der Waals surface area contributed by atoms with Gasteiger partial charge in [0.25, 0.3) is 0 Å². The molecule has 0 aromatic heterocycles. The molecular weight excluding hydrogens is 238 g/mol. The van der Waals surface area contributed by atoms with Crippen LogP contribution in [0.5, 0.6) is 0 Å². The van der Waals surface area contributed by atoms with E-state index >= 15 is 0 Å². The van der Waals surface area contributed by atoms with Crippen molar-refractivity contribution in [1.82, 2.24) is 4.90 Å².